The lowest BCUT2D eigenvalue weighted by Gasteiger charge is -2.35. The molecule has 194 valence electrons. The predicted molar refractivity (Wildman–Crippen MR) is 144 cm³/mol. The molecule has 1 atom stereocenters. The van der Waals surface area contributed by atoms with Gasteiger partial charge in [0, 0.05) is 23.4 Å². The first kappa shape index (κ1) is 24.6. The van der Waals surface area contributed by atoms with E-state index in [4.69, 9.17) is 0 Å². The first-order valence-corrected chi connectivity index (χ1v) is 14.1. The molecule has 0 radical (unpaired) electrons. The third kappa shape index (κ3) is 4.04. The highest BCUT2D eigenvalue weighted by Gasteiger charge is 2.40. The van der Waals surface area contributed by atoms with Gasteiger partial charge in [0.2, 0.25) is 0 Å². The fourth-order valence-corrected chi connectivity index (χ4v) is 6.59. The Balaban J connectivity index is 1.56. The number of hydrogen-bond acceptors (Lipinski definition) is 4. The van der Waals surface area contributed by atoms with Crippen LogP contribution < -0.4 is 5.32 Å². The predicted octanol–water partition coefficient (Wildman–Crippen LogP) is 6.23. The summed E-state index contributed by atoms with van der Waals surface area (Å²) in [5.74, 6) is -1.37. The number of rotatable bonds is 6. The summed E-state index contributed by atoms with van der Waals surface area (Å²) in [6.07, 6.45) is 7.12. The van der Waals surface area contributed by atoms with Crippen LogP contribution in [0, 0.1) is 18.6 Å². The minimum absolute atomic E-state index is 0.135. The number of aryl methyl sites for hydroxylation is 1. The van der Waals surface area contributed by atoms with E-state index in [9.17, 15) is 17.2 Å². The molecule has 5 nitrogen and oxygen atoms in total. The van der Waals surface area contributed by atoms with Crippen LogP contribution in [-0.2, 0) is 21.9 Å². The Kier molecular flexibility index (Phi) is 5.94. The van der Waals surface area contributed by atoms with Crippen molar-refractivity contribution in [3.8, 4) is 0 Å². The molecule has 0 bridgehead atoms. The van der Waals surface area contributed by atoms with Crippen LogP contribution in [0.25, 0.3) is 6.08 Å². The largest absolute Gasteiger partial charge is 0.365 e. The van der Waals surface area contributed by atoms with Crippen molar-refractivity contribution >= 4 is 21.9 Å². The third-order valence-corrected chi connectivity index (χ3v) is 9.31. The maximum atomic E-state index is 14.5. The maximum absolute atomic E-state index is 14.5. The lowest BCUT2D eigenvalue weighted by atomic mass is 9.68. The molecule has 38 heavy (non-hydrogen) atoms. The van der Waals surface area contributed by atoms with Gasteiger partial charge in [-0.15, -0.1) is 5.10 Å². The number of nitrogens with one attached hydrogen (secondary N) is 1. The van der Waals surface area contributed by atoms with E-state index < -0.39 is 27.1 Å². The monoisotopic (exact) mass is 531 g/mol. The zero-order valence-corrected chi connectivity index (χ0v) is 21.7. The molecular weight excluding hydrogens is 504 g/mol. The summed E-state index contributed by atoms with van der Waals surface area (Å²) in [5, 5.41) is 8.03. The second-order valence-corrected chi connectivity index (χ2v) is 11.9. The molecule has 1 unspecified atom stereocenters. The van der Waals surface area contributed by atoms with Crippen LogP contribution in [0.1, 0.15) is 47.2 Å². The molecule has 1 aromatic heterocycles. The fourth-order valence-electron chi connectivity index (χ4n) is 5.27. The van der Waals surface area contributed by atoms with Crippen molar-refractivity contribution in [3.05, 3.63) is 118 Å². The number of benzene rings is 3. The summed E-state index contributed by atoms with van der Waals surface area (Å²) in [6, 6.07) is 20.3. The van der Waals surface area contributed by atoms with E-state index in [1.165, 1.54) is 6.07 Å². The average molecular weight is 532 g/mol. The molecule has 1 saturated carbocycles. The van der Waals surface area contributed by atoms with Crippen LogP contribution in [0.15, 0.2) is 83.8 Å². The number of nitrogens with zero attached hydrogens (tertiary/aromatic N) is 2. The quantitative estimate of drug-likeness (QED) is 0.321. The Morgan fingerprint density at radius 2 is 1.68 bits per heavy atom. The second-order valence-electron chi connectivity index (χ2n) is 10.1. The van der Waals surface area contributed by atoms with Gasteiger partial charge in [-0.05, 0) is 61.6 Å². The Morgan fingerprint density at radius 1 is 0.947 bits per heavy atom. The Hall–Kier alpha value is -3.78. The molecule has 3 aromatic carbocycles. The number of anilines is 1. The van der Waals surface area contributed by atoms with Gasteiger partial charge in [-0.25, -0.2) is 8.78 Å². The number of aromatic nitrogens is 2. The maximum Gasteiger partial charge on any atom is 0.283 e. The van der Waals surface area contributed by atoms with Crippen LogP contribution in [0.4, 0.5) is 14.6 Å². The van der Waals surface area contributed by atoms with Gasteiger partial charge in [0.25, 0.3) is 10.0 Å². The normalized spacial score (nSPS) is 19.1. The third-order valence-electron chi connectivity index (χ3n) is 7.68. The highest BCUT2D eigenvalue weighted by Crippen LogP contribution is 2.44. The van der Waals surface area contributed by atoms with Crippen molar-refractivity contribution in [3.63, 3.8) is 0 Å². The lowest BCUT2D eigenvalue weighted by Crippen LogP contribution is -2.33. The summed E-state index contributed by atoms with van der Waals surface area (Å²) in [7, 11) is -4.03. The first-order chi connectivity index (χ1) is 18.3. The van der Waals surface area contributed by atoms with Crippen molar-refractivity contribution in [2.75, 3.05) is 5.32 Å². The molecule has 2 aliphatic carbocycles. The lowest BCUT2D eigenvalue weighted by molar-refractivity contribution is 0.444. The molecule has 1 heterocycles. The van der Waals surface area contributed by atoms with Gasteiger partial charge in [-0.2, -0.15) is 12.5 Å². The van der Waals surface area contributed by atoms with Crippen LogP contribution in [0.2, 0.25) is 0 Å². The summed E-state index contributed by atoms with van der Waals surface area (Å²) < 4.78 is 57.4. The van der Waals surface area contributed by atoms with E-state index >= 15 is 0 Å². The van der Waals surface area contributed by atoms with Gasteiger partial charge in [0.15, 0.2) is 17.5 Å². The van der Waals surface area contributed by atoms with E-state index in [0.717, 1.165) is 40.5 Å². The first-order valence-electron chi connectivity index (χ1n) is 12.7. The highest BCUT2D eigenvalue weighted by molar-refractivity contribution is 7.89. The van der Waals surface area contributed by atoms with Gasteiger partial charge >= 0.3 is 0 Å². The van der Waals surface area contributed by atoms with E-state index in [1.54, 1.807) is 30.3 Å². The molecule has 0 spiro atoms. The van der Waals surface area contributed by atoms with E-state index in [-0.39, 0.29) is 17.4 Å². The molecule has 0 saturated heterocycles. The van der Waals surface area contributed by atoms with Crippen LogP contribution >= 0.6 is 0 Å². The van der Waals surface area contributed by atoms with E-state index in [2.05, 4.69) is 10.4 Å². The minimum Gasteiger partial charge on any atom is -0.365 e. The summed E-state index contributed by atoms with van der Waals surface area (Å²) >= 11 is 0. The summed E-state index contributed by atoms with van der Waals surface area (Å²) in [6.45, 7) is 1.90. The molecule has 0 aliphatic heterocycles. The minimum atomic E-state index is -4.03. The zero-order chi connectivity index (χ0) is 26.5. The van der Waals surface area contributed by atoms with Crippen molar-refractivity contribution in [2.24, 2.45) is 0 Å². The van der Waals surface area contributed by atoms with Crippen molar-refractivity contribution in [1.82, 2.24) is 9.19 Å². The molecule has 8 heteroatoms. The Bertz CT molecular complexity index is 1640. The summed E-state index contributed by atoms with van der Waals surface area (Å²) in [5.41, 5.74) is 2.56. The van der Waals surface area contributed by atoms with Gasteiger partial charge in [-0.3, -0.25) is 0 Å². The second kappa shape index (κ2) is 9.20. The SMILES string of the molecule is Cc1ccc(S(=O)(=O)n2nc(NC3CCC3)c3c2CC(c2ccccc2)(c2ccc(F)c(F)c2)C=C3)cc1. The average Bonchev–Trinajstić information content (AvgIpc) is 3.26. The van der Waals surface area contributed by atoms with Gasteiger partial charge < -0.3 is 5.32 Å². The van der Waals surface area contributed by atoms with E-state index in [1.807, 2.05) is 49.4 Å². The molecule has 6 rings (SSSR count). The van der Waals surface area contributed by atoms with Gasteiger partial charge in [-0.1, -0.05) is 66.2 Å². The Morgan fingerprint density at radius 3 is 2.34 bits per heavy atom. The standard InChI is InChI=1S/C30H27F2N3O2S/c1-20-10-13-24(14-11-20)38(36,37)35-28-19-30(21-6-3-2-4-7-21,22-12-15-26(31)27(32)18-22)17-16-25(28)29(34-35)33-23-8-5-9-23/h2-4,6-7,10-18,23H,5,8-9,19H2,1H3,(H,33,34). The number of halogens is 2. The molecular formula is C30H27F2N3O2S. The smallest absolute Gasteiger partial charge is 0.283 e. The van der Waals surface area contributed by atoms with Crippen LogP contribution in [0.3, 0.4) is 0 Å². The molecule has 2 aliphatic rings. The van der Waals surface area contributed by atoms with E-state index in [0.29, 0.717) is 22.6 Å². The fraction of sp³-hybridized carbons (Fsp3) is 0.233. The highest BCUT2D eigenvalue weighted by atomic mass is 32.2. The topological polar surface area (TPSA) is 64.0 Å². The van der Waals surface area contributed by atoms with Crippen molar-refractivity contribution < 1.29 is 17.2 Å². The molecule has 4 aromatic rings. The number of allylic oxidation sites excluding steroid dienone is 1. The van der Waals surface area contributed by atoms with Crippen molar-refractivity contribution in [2.45, 2.75) is 49.0 Å². The molecule has 1 fully saturated rings. The molecule has 0 amide bonds. The number of fused-ring (bicyclic) bond motifs is 1. The zero-order valence-electron chi connectivity index (χ0n) is 20.9. The van der Waals surface area contributed by atoms with Gasteiger partial charge in [0.05, 0.1) is 10.6 Å². The van der Waals surface area contributed by atoms with Gasteiger partial charge in [0.1, 0.15) is 0 Å². The van der Waals surface area contributed by atoms with Crippen molar-refractivity contribution in [1.29, 1.82) is 0 Å². The number of hydrogen-bond donors (Lipinski definition) is 1. The Labute approximate surface area is 220 Å². The van der Waals surface area contributed by atoms with Crippen LogP contribution in [-0.4, -0.2) is 23.6 Å². The van der Waals surface area contributed by atoms with Crippen LogP contribution in [0.5, 0.6) is 0 Å². The molecule has 1 N–H and O–H groups in total. The summed E-state index contributed by atoms with van der Waals surface area (Å²) in [4.78, 5) is 0.135.